The van der Waals surface area contributed by atoms with Crippen molar-refractivity contribution in [1.82, 2.24) is 25.5 Å². The lowest BCUT2D eigenvalue weighted by Crippen LogP contribution is -2.38. The van der Waals surface area contributed by atoms with E-state index < -0.39 is 6.04 Å². The maximum Gasteiger partial charge on any atom is 0.247 e. The fourth-order valence-corrected chi connectivity index (χ4v) is 2.95. The lowest BCUT2D eigenvalue weighted by atomic mass is 10.0. The highest BCUT2D eigenvalue weighted by molar-refractivity contribution is 5.80. The molecular weight excluding hydrogens is 352 g/mol. The molecule has 142 valence electrons. The van der Waals surface area contributed by atoms with Gasteiger partial charge in [0.15, 0.2) is 6.04 Å². The summed E-state index contributed by atoms with van der Waals surface area (Å²) in [5.41, 5.74) is 2.36. The van der Waals surface area contributed by atoms with Crippen LogP contribution in [0.15, 0.2) is 54.6 Å². The van der Waals surface area contributed by atoms with Crippen molar-refractivity contribution in [3.8, 4) is 17.5 Å². The number of amides is 1. The largest absolute Gasteiger partial charge is 0.348 e. The van der Waals surface area contributed by atoms with Gasteiger partial charge in [0.05, 0.1) is 17.7 Å². The summed E-state index contributed by atoms with van der Waals surface area (Å²) < 4.78 is 0. The van der Waals surface area contributed by atoms with Crippen LogP contribution < -0.4 is 5.32 Å². The number of nitrogens with one attached hydrogen (secondary N) is 1. The number of aromatic nitrogens is 4. The first-order chi connectivity index (χ1) is 13.5. The molecule has 3 aromatic rings. The van der Waals surface area contributed by atoms with Crippen molar-refractivity contribution in [2.45, 2.75) is 32.9 Å². The van der Waals surface area contributed by atoms with Gasteiger partial charge in [-0.15, -0.1) is 10.2 Å². The topological polar surface area (TPSA) is 96.5 Å². The zero-order chi connectivity index (χ0) is 20.1. The number of tetrazole rings is 1. The Kier molecular flexibility index (Phi) is 5.80. The third kappa shape index (κ3) is 4.23. The average Bonchev–Trinajstić information content (AvgIpc) is 3.18. The number of hydrogen-bond donors (Lipinski definition) is 1. The summed E-state index contributed by atoms with van der Waals surface area (Å²) in [4.78, 5) is 14.3. The van der Waals surface area contributed by atoms with Crippen LogP contribution in [0.2, 0.25) is 0 Å². The lowest BCUT2D eigenvalue weighted by Gasteiger charge is -2.22. The molecule has 0 bridgehead atoms. The minimum absolute atomic E-state index is 0.0222. The molecule has 0 fully saturated rings. The molecule has 0 spiro atoms. The van der Waals surface area contributed by atoms with Crippen molar-refractivity contribution in [2.24, 2.45) is 5.92 Å². The van der Waals surface area contributed by atoms with Gasteiger partial charge in [0.2, 0.25) is 11.7 Å². The third-order valence-electron chi connectivity index (χ3n) is 4.51. The van der Waals surface area contributed by atoms with E-state index in [1.165, 1.54) is 4.80 Å². The summed E-state index contributed by atoms with van der Waals surface area (Å²) in [6.07, 6.45) is 0. The molecule has 0 aliphatic heterocycles. The van der Waals surface area contributed by atoms with Crippen molar-refractivity contribution >= 4 is 5.91 Å². The Hall–Kier alpha value is -3.53. The summed E-state index contributed by atoms with van der Waals surface area (Å²) in [5.74, 6) is 0.286. The molecule has 1 aromatic heterocycles. The molecule has 2 unspecified atom stereocenters. The van der Waals surface area contributed by atoms with Crippen LogP contribution in [0, 0.1) is 17.2 Å². The van der Waals surface area contributed by atoms with E-state index in [0.29, 0.717) is 11.4 Å². The summed E-state index contributed by atoms with van der Waals surface area (Å²) in [7, 11) is 0. The maximum atomic E-state index is 12.9. The van der Waals surface area contributed by atoms with Gasteiger partial charge >= 0.3 is 0 Å². The van der Waals surface area contributed by atoms with Gasteiger partial charge in [-0.1, -0.05) is 56.3 Å². The number of hydrogen-bond acceptors (Lipinski definition) is 5. The Labute approximate surface area is 164 Å². The van der Waals surface area contributed by atoms with Crippen molar-refractivity contribution in [3.63, 3.8) is 0 Å². The van der Waals surface area contributed by atoms with Gasteiger partial charge in [-0.25, -0.2) is 0 Å². The minimum Gasteiger partial charge on any atom is -0.348 e. The van der Waals surface area contributed by atoms with Gasteiger partial charge in [0, 0.05) is 5.56 Å². The standard InChI is InChI=1S/C21H22N6O/c1-14(2)19(27-25-20(24-26-27)18-7-5-4-6-8-18)21(28)23-15(3)17-11-9-16(13-22)10-12-17/h4-12,14-15,19H,1-3H3,(H,23,28). The molecule has 7 heteroatoms. The number of nitrogens with zero attached hydrogens (tertiary/aromatic N) is 5. The van der Waals surface area contributed by atoms with Crippen LogP contribution in [0.4, 0.5) is 0 Å². The Balaban J connectivity index is 1.77. The summed E-state index contributed by atoms with van der Waals surface area (Å²) in [6, 6.07) is 18.0. The molecule has 0 aliphatic carbocycles. The molecule has 2 atom stereocenters. The van der Waals surface area contributed by atoms with E-state index in [-0.39, 0.29) is 17.9 Å². The predicted molar refractivity (Wildman–Crippen MR) is 105 cm³/mol. The predicted octanol–water partition coefficient (Wildman–Crippen LogP) is 3.29. The molecule has 0 saturated carbocycles. The molecule has 1 heterocycles. The molecule has 0 saturated heterocycles. The second-order valence-electron chi connectivity index (χ2n) is 6.95. The number of rotatable bonds is 6. The first kappa shape index (κ1) is 19.2. The van der Waals surface area contributed by atoms with Crippen LogP contribution in [0.3, 0.4) is 0 Å². The first-order valence-corrected chi connectivity index (χ1v) is 9.15. The van der Waals surface area contributed by atoms with Gasteiger partial charge in [0.25, 0.3) is 0 Å². The van der Waals surface area contributed by atoms with E-state index in [1.807, 2.05) is 63.2 Å². The van der Waals surface area contributed by atoms with Crippen LogP contribution in [0.25, 0.3) is 11.4 Å². The molecule has 1 amide bonds. The normalized spacial score (nSPS) is 13.0. The zero-order valence-corrected chi connectivity index (χ0v) is 16.1. The highest BCUT2D eigenvalue weighted by atomic mass is 16.2. The van der Waals surface area contributed by atoms with E-state index in [2.05, 4.69) is 26.8 Å². The van der Waals surface area contributed by atoms with E-state index in [9.17, 15) is 4.79 Å². The van der Waals surface area contributed by atoms with Gasteiger partial charge in [-0.2, -0.15) is 10.1 Å². The number of carbonyl (C=O) groups excluding carboxylic acids is 1. The Morgan fingerprint density at radius 1 is 1.07 bits per heavy atom. The fraction of sp³-hybridized carbons (Fsp3) is 0.286. The smallest absolute Gasteiger partial charge is 0.247 e. The third-order valence-corrected chi connectivity index (χ3v) is 4.51. The molecule has 28 heavy (non-hydrogen) atoms. The number of benzene rings is 2. The number of nitriles is 1. The SMILES string of the molecule is CC(NC(=O)C(C(C)C)n1nnc(-c2ccccc2)n1)c1ccc(C#N)cc1. The van der Waals surface area contributed by atoms with Crippen molar-refractivity contribution < 1.29 is 4.79 Å². The molecule has 7 nitrogen and oxygen atoms in total. The number of carbonyl (C=O) groups is 1. The Morgan fingerprint density at radius 2 is 1.75 bits per heavy atom. The quantitative estimate of drug-likeness (QED) is 0.714. The van der Waals surface area contributed by atoms with Crippen LogP contribution in [-0.4, -0.2) is 26.1 Å². The summed E-state index contributed by atoms with van der Waals surface area (Å²) in [5, 5.41) is 24.6. The highest BCUT2D eigenvalue weighted by Crippen LogP contribution is 2.21. The molecule has 0 radical (unpaired) electrons. The Morgan fingerprint density at radius 3 is 2.36 bits per heavy atom. The molecule has 3 rings (SSSR count). The van der Waals surface area contributed by atoms with E-state index in [0.717, 1.165) is 11.1 Å². The van der Waals surface area contributed by atoms with E-state index in [4.69, 9.17) is 5.26 Å². The zero-order valence-electron chi connectivity index (χ0n) is 16.1. The van der Waals surface area contributed by atoms with Crippen LogP contribution >= 0.6 is 0 Å². The second-order valence-corrected chi connectivity index (χ2v) is 6.95. The van der Waals surface area contributed by atoms with Crippen LogP contribution in [-0.2, 0) is 4.79 Å². The highest BCUT2D eigenvalue weighted by Gasteiger charge is 2.28. The van der Waals surface area contributed by atoms with Crippen LogP contribution in [0.1, 0.15) is 44.0 Å². The van der Waals surface area contributed by atoms with E-state index in [1.54, 1.807) is 12.1 Å². The minimum atomic E-state index is -0.578. The van der Waals surface area contributed by atoms with Crippen molar-refractivity contribution in [1.29, 1.82) is 5.26 Å². The summed E-state index contributed by atoms with van der Waals surface area (Å²) in [6.45, 7) is 5.80. The van der Waals surface area contributed by atoms with Crippen molar-refractivity contribution in [2.75, 3.05) is 0 Å². The van der Waals surface area contributed by atoms with Gasteiger partial charge < -0.3 is 5.32 Å². The summed E-state index contributed by atoms with van der Waals surface area (Å²) >= 11 is 0. The maximum absolute atomic E-state index is 12.9. The molecule has 0 aliphatic rings. The molecule has 1 N–H and O–H groups in total. The Bertz CT molecular complexity index is 972. The second kappa shape index (κ2) is 8.44. The van der Waals surface area contributed by atoms with E-state index >= 15 is 0 Å². The molecule has 2 aromatic carbocycles. The van der Waals surface area contributed by atoms with Gasteiger partial charge in [0.1, 0.15) is 0 Å². The van der Waals surface area contributed by atoms with Crippen LogP contribution in [0.5, 0.6) is 0 Å². The fourth-order valence-electron chi connectivity index (χ4n) is 2.95. The monoisotopic (exact) mass is 374 g/mol. The lowest BCUT2D eigenvalue weighted by molar-refractivity contribution is -0.127. The average molecular weight is 374 g/mol. The molecular formula is C21H22N6O. The van der Waals surface area contributed by atoms with Crippen molar-refractivity contribution in [3.05, 3.63) is 65.7 Å². The first-order valence-electron chi connectivity index (χ1n) is 9.15. The van der Waals surface area contributed by atoms with Gasteiger partial charge in [-0.3, -0.25) is 4.79 Å². The van der Waals surface area contributed by atoms with Gasteiger partial charge in [-0.05, 0) is 35.8 Å².